The minimum absolute atomic E-state index is 0.186. The highest BCUT2D eigenvalue weighted by Crippen LogP contribution is 2.18. The number of carboxylic acid groups (broad SMARTS) is 1. The third-order valence-electron chi connectivity index (χ3n) is 1.86. The highest BCUT2D eigenvalue weighted by molar-refractivity contribution is 5.92. The first-order valence-corrected chi connectivity index (χ1v) is 4.30. The van der Waals surface area contributed by atoms with E-state index in [0.717, 1.165) is 0 Å². The SMILES string of the molecule is NC(=O)Oc1ccc(C(C=O)C(=O)O)cc1. The van der Waals surface area contributed by atoms with Gasteiger partial charge in [-0.1, -0.05) is 12.1 Å². The Bertz CT molecular complexity index is 412. The lowest BCUT2D eigenvalue weighted by molar-refractivity contribution is -0.140. The number of nitrogens with two attached hydrogens (primary N) is 1. The Kier molecular flexibility index (Phi) is 3.60. The summed E-state index contributed by atoms with van der Waals surface area (Å²) in [6, 6.07) is 5.48. The van der Waals surface area contributed by atoms with E-state index in [1.165, 1.54) is 24.3 Å². The number of rotatable bonds is 4. The molecule has 3 N–H and O–H groups in total. The number of benzene rings is 1. The molecule has 0 spiro atoms. The van der Waals surface area contributed by atoms with Crippen LogP contribution < -0.4 is 10.5 Å². The quantitative estimate of drug-likeness (QED) is 0.571. The Morgan fingerprint density at radius 1 is 1.31 bits per heavy atom. The molecule has 0 radical (unpaired) electrons. The number of aldehydes is 1. The van der Waals surface area contributed by atoms with Crippen LogP contribution in [0.3, 0.4) is 0 Å². The van der Waals surface area contributed by atoms with Gasteiger partial charge in [0.1, 0.15) is 18.0 Å². The topological polar surface area (TPSA) is 107 Å². The molecule has 1 rings (SSSR count). The Balaban J connectivity index is 2.89. The molecule has 0 aliphatic carbocycles. The van der Waals surface area contributed by atoms with Crippen LogP contribution >= 0.6 is 0 Å². The first-order chi connectivity index (χ1) is 7.54. The van der Waals surface area contributed by atoms with E-state index in [1.807, 2.05) is 0 Å². The van der Waals surface area contributed by atoms with Gasteiger partial charge in [0.25, 0.3) is 0 Å². The number of carbonyl (C=O) groups excluding carboxylic acids is 2. The van der Waals surface area contributed by atoms with E-state index in [9.17, 15) is 14.4 Å². The van der Waals surface area contributed by atoms with Crippen LogP contribution in [0.25, 0.3) is 0 Å². The smallest absolute Gasteiger partial charge is 0.409 e. The van der Waals surface area contributed by atoms with Crippen molar-refractivity contribution in [3.8, 4) is 5.75 Å². The molecule has 0 saturated heterocycles. The number of amides is 1. The van der Waals surface area contributed by atoms with Crippen LogP contribution in [0, 0.1) is 0 Å². The predicted octanol–water partition coefficient (Wildman–Crippen LogP) is 0.511. The zero-order valence-corrected chi connectivity index (χ0v) is 8.12. The molecular weight excluding hydrogens is 214 g/mol. The van der Waals surface area contributed by atoms with E-state index in [0.29, 0.717) is 11.8 Å². The standard InChI is InChI=1S/C10H9NO5/c11-10(15)16-7-3-1-6(2-4-7)8(5-12)9(13)14/h1-5,8H,(H2,11,15)(H,13,14). The van der Waals surface area contributed by atoms with Crippen molar-refractivity contribution in [2.45, 2.75) is 5.92 Å². The van der Waals surface area contributed by atoms with Crippen molar-refractivity contribution in [1.29, 1.82) is 0 Å². The second-order valence-corrected chi connectivity index (χ2v) is 2.94. The normalized spacial score (nSPS) is 11.5. The summed E-state index contributed by atoms with van der Waals surface area (Å²) in [6.45, 7) is 0. The van der Waals surface area contributed by atoms with E-state index in [-0.39, 0.29) is 5.75 Å². The summed E-state index contributed by atoms with van der Waals surface area (Å²) in [5.41, 5.74) is 5.09. The van der Waals surface area contributed by atoms with Crippen LogP contribution in [0.2, 0.25) is 0 Å². The number of hydrogen-bond acceptors (Lipinski definition) is 4. The third kappa shape index (κ3) is 2.81. The molecule has 0 fully saturated rings. The summed E-state index contributed by atoms with van der Waals surface area (Å²) in [6.07, 6.45) is -0.635. The molecule has 1 aromatic rings. The first-order valence-electron chi connectivity index (χ1n) is 4.30. The highest BCUT2D eigenvalue weighted by Gasteiger charge is 2.18. The molecule has 1 aromatic carbocycles. The maximum Gasteiger partial charge on any atom is 0.409 e. The maximum absolute atomic E-state index is 10.7. The summed E-state index contributed by atoms with van der Waals surface area (Å²) in [5, 5.41) is 8.70. The lowest BCUT2D eigenvalue weighted by Crippen LogP contribution is -2.16. The van der Waals surface area contributed by atoms with Crippen LogP contribution in [0.4, 0.5) is 4.79 Å². The summed E-state index contributed by atoms with van der Waals surface area (Å²) in [4.78, 5) is 31.6. The van der Waals surface area contributed by atoms with Crippen LogP contribution in [0.1, 0.15) is 11.5 Å². The van der Waals surface area contributed by atoms with E-state index in [1.54, 1.807) is 0 Å². The summed E-state index contributed by atoms with van der Waals surface area (Å²) >= 11 is 0. The van der Waals surface area contributed by atoms with Crippen molar-refractivity contribution in [3.63, 3.8) is 0 Å². The largest absolute Gasteiger partial charge is 0.480 e. The zero-order chi connectivity index (χ0) is 12.1. The Labute approximate surface area is 90.6 Å². The molecule has 16 heavy (non-hydrogen) atoms. The molecular formula is C10H9NO5. The van der Waals surface area contributed by atoms with Crippen LogP contribution in [0.15, 0.2) is 24.3 Å². The average Bonchev–Trinajstić information content (AvgIpc) is 2.20. The molecule has 1 atom stereocenters. The van der Waals surface area contributed by atoms with Gasteiger partial charge in [-0.05, 0) is 17.7 Å². The van der Waals surface area contributed by atoms with Gasteiger partial charge in [-0.3, -0.25) is 4.79 Å². The van der Waals surface area contributed by atoms with E-state index in [2.05, 4.69) is 4.74 Å². The number of carboxylic acids is 1. The monoisotopic (exact) mass is 223 g/mol. The number of ether oxygens (including phenoxy) is 1. The lowest BCUT2D eigenvalue weighted by atomic mass is 10.0. The Morgan fingerprint density at radius 2 is 1.88 bits per heavy atom. The van der Waals surface area contributed by atoms with Gasteiger partial charge >= 0.3 is 12.1 Å². The molecule has 0 aliphatic rings. The van der Waals surface area contributed by atoms with Gasteiger partial charge in [-0.25, -0.2) is 4.79 Å². The minimum atomic E-state index is -1.24. The van der Waals surface area contributed by atoms with Crippen molar-refractivity contribution < 1.29 is 24.2 Å². The fraction of sp³-hybridized carbons (Fsp3) is 0.100. The predicted molar refractivity (Wildman–Crippen MR) is 53.1 cm³/mol. The van der Waals surface area contributed by atoms with Gasteiger partial charge in [0.05, 0.1) is 0 Å². The van der Waals surface area contributed by atoms with Crippen molar-refractivity contribution in [2.24, 2.45) is 5.73 Å². The fourth-order valence-electron chi connectivity index (χ4n) is 1.14. The van der Waals surface area contributed by atoms with Crippen molar-refractivity contribution in [2.75, 3.05) is 0 Å². The number of carbonyl (C=O) groups is 3. The summed E-state index contributed by atoms with van der Waals surface area (Å²) in [5.74, 6) is -2.27. The molecule has 6 nitrogen and oxygen atoms in total. The van der Waals surface area contributed by atoms with Gasteiger partial charge < -0.3 is 20.4 Å². The number of hydrogen-bond donors (Lipinski definition) is 2. The van der Waals surface area contributed by atoms with E-state index >= 15 is 0 Å². The van der Waals surface area contributed by atoms with Gasteiger partial charge in [-0.2, -0.15) is 0 Å². The van der Waals surface area contributed by atoms with Crippen LogP contribution in [-0.4, -0.2) is 23.5 Å². The average molecular weight is 223 g/mol. The van der Waals surface area contributed by atoms with Crippen molar-refractivity contribution in [1.82, 2.24) is 0 Å². The molecule has 0 bridgehead atoms. The lowest BCUT2D eigenvalue weighted by Gasteiger charge is -2.06. The molecule has 6 heteroatoms. The number of primary amides is 1. The molecule has 1 unspecified atom stereocenters. The van der Waals surface area contributed by atoms with E-state index in [4.69, 9.17) is 10.8 Å². The van der Waals surface area contributed by atoms with Gasteiger partial charge in [-0.15, -0.1) is 0 Å². The van der Waals surface area contributed by atoms with Crippen molar-refractivity contribution >= 4 is 18.3 Å². The number of aliphatic carboxylic acids is 1. The third-order valence-corrected chi connectivity index (χ3v) is 1.86. The molecule has 0 aliphatic heterocycles. The second kappa shape index (κ2) is 4.92. The highest BCUT2D eigenvalue weighted by atomic mass is 16.5. The Hall–Kier alpha value is -2.37. The maximum atomic E-state index is 10.7. The molecule has 0 aromatic heterocycles. The van der Waals surface area contributed by atoms with Crippen LogP contribution in [-0.2, 0) is 9.59 Å². The fourth-order valence-corrected chi connectivity index (χ4v) is 1.14. The van der Waals surface area contributed by atoms with Gasteiger partial charge in [0.15, 0.2) is 0 Å². The van der Waals surface area contributed by atoms with E-state index < -0.39 is 18.0 Å². The Morgan fingerprint density at radius 3 is 2.25 bits per heavy atom. The summed E-state index contributed by atoms with van der Waals surface area (Å²) < 4.78 is 4.55. The van der Waals surface area contributed by atoms with Crippen molar-refractivity contribution in [3.05, 3.63) is 29.8 Å². The second-order valence-electron chi connectivity index (χ2n) is 2.94. The molecule has 1 amide bonds. The van der Waals surface area contributed by atoms with Gasteiger partial charge in [0, 0.05) is 0 Å². The summed E-state index contributed by atoms with van der Waals surface area (Å²) in [7, 11) is 0. The van der Waals surface area contributed by atoms with Gasteiger partial charge in [0.2, 0.25) is 0 Å². The minimum Gasteiger partial charge on any atom is -0.480 e. The zero-order valence-electron chi connectivity index (χ0n) is 8.12. The molecule has 84 valence electrons. The first kappa shape index (κ1) is 11.7. The molecule has 0 saturated carbocycles. The molecule has 0 heterocycles. The van der Waals surface area contributed by atoms with Crippen LogP contribution in [0.5, 0.6) is 5.75 Å².